The third kappa shape index (κ3) is 1.87. The zero-order valence-corrected chi connectivity index (χ0v) is 9.61. The fraction of sp³-hybridized carbons (Fsp3) is 0.222. The number of hydrogen-bond acceptors (Lipinski definition) is 4. The largest absolute Gasteiger partial charge is 0.324 e. The lowest BCUT2D eigenvalue weighted by Crippen LogP contribution is -2.29. The molecule has 2 rings (SSSR count). The van der Waals surface area contributed by atoms with Gasteiger partial charge in [-0.15, -0.1) is 11.8 Å². The quantitative estimate of drug-likeness (QED) is 0.751. The highest BCUT2D eigenvalue weighted by Gasteiger charge is 2.28. The first-order valence-electron chi connectivity index (χ1n) is 4.23. The van der Waals surface area contributed by atoms with E-state index >= 15 is 0 Å². The van der Waals surface area contributed by atoms with Gasteiger partial charge in [0, 0.05) is 4.90 Å². The fourth-order valence-electron chi connectivity index (χ4n) is 1.43. The Morgan fingerprint density at radius 1 is 1.40 bits per heavy atom. The molecule has 0 radical (unpaired) electrons. The fourth-order valence-corrected chi connectivity index (χ4v) is 3.27. The maximum absolute atomic E-state index is 11.7. The van der Waals surface area contributed by atoms with E-state index in [9.17, 15) is 13.2 Å². The number of thioether (sulfide) groups is 1. The Kier molecular flexibility index (Phi) is 2.47. The van der Waals surface area contributed by atoms with Crippen molar-refractivity contribution in [3.05, 3.63) is 18.2 Å². The van der Waals surface area contributed by atoms with Crippen molar-refractivity contribution in [2.45, 2.75) is 9.79 Å². The normalized spacial score (nSPS) is 18.1. The molecule has 4 nitrogen and oxygen atoms in total. The van der Waals surface area contributed by atoms with Gasteiger partial charge in [0.25, 0.3) is 0 Å². The first-order valence-corrected chi connectivity index (χ1v) is 7.11. The lowest BCUT2D eigenvalue weighted by molar-refractivity contribution is -0.114. The van der Waals surface area contributed by atoms with Gasteiger partial charge < -0.3 is 5.32 Å². The molecule has 0 aromatic heterocycles. The summed E-state index contributed by atoms with van der Waals surface area (Å²) in [4.78, 5) is 12.2. The minimum atomic E-state index is -3.45. The molecule has 1 aliphatic heterocycles. The predicted octanol–water partition coefficient (Wildman–Crippen LogP) is 1.13. The lowest BCUT2D eigenvalue weighted by atomic mass is 10.3. The van der Waals surface area contributed by atoms with Gasteiger partial charge in [0.05, 0.1) is 10.6 Å². The number of sulfone groups is 1. The Balaban J connectivity index is 2.64. The summed E-state index contributed by atoms with van der Waals surface area (Å²) in [5, 5.41) is 2.54. The van der Waals surface area contributed by atoms with Crippen molar-refractivity contribution in [3.8, 4) is 0 Å². The number of anilines is 1. The summed E-state index contributed by atoms with van der Waals surface area (Å²) < 4.78 is 23.4. The number of carbonyl (C=O) groups is 1. The molecule has 0 saturated heterocycles. The molecule has 15 heavy (non-hydrogen) atoms. The van der Waals surface area contributed by atoms with Crippen molar-refractivity contribution >= 4 is 33.2 Å². The summed E-state index contributed by atoms with van der Waals surface area (Å²) in [5.74, 6) is -0.933. The van der Waals surface area contributed by atoms with Crippen LogP contribution in [0.5, 0.6) is 0 Å². The highest BCUT2D eigenvalue weighted by atomic mass is 32.2. The van der Waals surface area contributed by atoms with Gasteiger partial charge in [0.1, 0.15) is 5.75 Å². The van der Waals surface area contributed by atoms with Crippen LogP contribution < -0.4 is 5.32 Å². The monoisotopic (exact) mass is 243 g/mol. The zero-order chi connectivity index (χ0) is 11.1. The second-order valence-corrected chi connectivity index (χ2v) is 6.01. The summed E-state index contributed by atoms with van der Waals surface area (Å²) in [5.41, 5.74) is 0.379. The first-order chi connectivity index (χ1) is 7.03. The minimum absolute atomic E-state index is 0.217. The molecule has 1 amide bonds. The number of carbonyl (C=O) groups excluding carboxylic acids is 1. The Hall–Kier alpha value is -1.01. The van der Waals surface area contributed by atoms with Crippen LogP contribution >= 0.6 is 11.8 Å². The van der Waals surface area contributed by atoms with E-state index in [4.69, 9.17) is 0 Å². The molecule has 0 fully saturated rings. The number of amides is 1. The van der Waals surface area contributed by atoms with Crippen LogP contribution in [0, 0.1) is 0 Å². The summed E-state index contributed by atoms with van der Waals surface area (Å²) in [7, 11) is -3.45. The summed E-state index contributed by atoms with van der Waals surface area (Å²) >= 11 is 1.47. The van der Waals surface area contributed by atoms with Crippen molar-refractivity contribution in [3.63, 3.8) is 0 Å². The average molecular weight is 243 g/mol. The SMILES string of the molecule is CSc1ccc2c(c1)S(=O)(=O)CC(=O)N2. The van der Waals surface area contributed by atoms with Crippen LogP contribution in [0.15, 0.2) is 28.0 Å². The van der Waals surface area contributed by atoms with Gasteiger partial charge in [0.2, 0.25) is 5.91 Å². The van der Waals surface area contributed by atoms with E-state index in [1.54, 1.807) is 18.2 Å². The number of nitrogens with one attached hydrogen (secondary N) is 1. The van der Waals surface area contributed by atoms with Gasteiger partial charge in [-0.05, 0) is 24.5 Å². The second kappa shape index (κ2) is 3.53. The lowest BCUT2D eigenvalue weighted by Gasteiger charge is -2.17. The van der Waals surface area contributed by atoms with Crippen molar-refractivity contribution in [2.24, 2.45) is 0 Å². The molecule has 1 aromatic carbocycles. The third-order valence-electron chi connectivity index (χ3n) is 2.12. The molecule has 0 bridgehead atoms. The van der Waals surface area contributed by atoms with E-state index in [-0.39, 0.29) is 4.90 Å². The molecule has 0 aliphatic carbocycles. The van der Waals surface area contributed by atoms with Crippen LogP contribution in [-0.2, 0) is 14.6 Å². The van der Waals surface area contributed by atoms with Gasteiger partial charge in [-0.3, -0.25) is 4.79 Å². The van der Waals surface area contributed by atoms with E-state index in [0.29, 0.717) is 5.69 Å². The Morgan fingerprint density at radius 3 is 2.80 bits per heavy atom. The molecule has 1 aliphatic rings. The van der Waals surface area contributed by atoms with E-state index < -0.39 is 21.5 Å². The molecular formula is C9H9NO3S2. The molecule has 1 aromatic rings. The molecule has 0 unspecified atom stereocenters. The van der Waals surface area contributed by atoms with Crippen molar-refractivity contribution in [1.29, 1.82) is 0 Å². The second-order valence-electron chi connectivity index (χ2n) is 3.17. The third-order valence-corrected chi connectivity index (χ3v) is 4.49. The predicted molar refractivity (Wildman–Crippen MR) is 58.9 cm³/mol. The van der Waals surface area contributed by atoms with Crippen molar-refractivity contribution < 1.29 is 13.2 Å². The molecule has 1 N–H and O–H groups in total. The average Bonchev–Trinajstić information content (AvgIpc) is 2.16. The Bertz CT molecular complexity index is 522. The smallest absolute Gasteiger partial charge is 0.239 e. The molecule has 0 spiro atoms. The Labute approximate surface area is 92.0 Å². The van der Waals surface area contributed by atoms with Gasteiger partial charge >= 0.3 is 0 Å². The van der Waals surface area contributed by atoms with Gasteiger partial charge in [-0.2, -0.15) is 0 Å². The minimum Gasteiger partial charge on any atom is -0.324 e. The standard InChI is InChI=1S/C9H9NO3S2/c1-14-6-2-3-7-8(4-6)15(12,13)5-9(11)10-7/h2-4H,5H2,1H3,(H,10,11). The first kappa shape index (κ1) is 10.5. The summed E-state index contributed by atoms with van der Waals surface area (Å²) in [6, 6.07) is 5.00. The van der Waals surface area contributed by atoms with Crippen molar-refractivity contribution in [2.75, 3.05) is 17.3 Å². The van der Waals surface area contributed by atoms with Gasteiger partial charge in [-0.25, -0.2) is 8.42 Å². The maximum Gasteiger partial charge on any atom is 0.239 e. The molecule has 1 heterocycles. The number of hydrogen-bond donors (Lipinski definition) is 1. The Morgan fingerprint density at radius 2 is 2.13 bits per heavy atom. The molecule has 0 saturated carbocycles. The van der Waals surface area contributed by atoms with E-state index in [1.807, 2.05) is 6.26 Å². The van der Waals surface area contributed by atoms with Crippen molar-refractivity contribution in [1.82, 2.24) is 0 Å². The number of benzene rings is 1. The van der Waals surface area contributed by atoms with Gasteiger partial charge in [-0.1, -0.05) is 0 Å². The summed E-state index contributed by atoms with van der Waals surface area (Å²) in [6.45, 7) is 0. The van der Waals surface area contributed by atoms with E-state index in [2.05, 4.69) is 5.32 Å². The number of rotatable bonds is 1. The topological polar surface area (TPSA) is 63.2 Å². The van der Waals surface area contributed by atoms with Crippen LogP contribution in [0.25, 0.3) is 0 Å². The van der Waals surface area contributed by atoms with E-state index in [0.717, 1.165) is 4.90 Å². The molecule has 6 heteroatoms. The summed E-state index contributed by atoms with van der Waals surface area (Å²) in [6.07, 6.45) is 1.87. The molecular weight excluding hydrogens is 234 g/mol. The van der Waals surface area contributed by atoms with Crippen LogP contribution in [0.3, 0.4) is 0 Å². The maximum atomic E-state index is 11.7. The number of fused-ring (bicyclic) bond motifs is 1. The highest BCUT2D eigenvalue weighted by Crippen LogP contribution is 2.30. The van der Waals surface area contributed by atoms with Crippen LogP contribution in [-0.4, -0.2) is 26.3 Å². The van der Waals surface area contributed by atoms with Crippen LogP contribution in [0.4, 0.5) is 5.69 Å². The zero-order valence-electron chi connectivity index (χ0n) is 7.98. The highest BCUT2D eigenvalue weighted by molar-refractivity contribution is 7.98. The van der Waals surface area contributed by atoms with Crippen LogP contribution in [0.1, 0.15) is 0 Å². The van der Waals surface area contributed by atoms with E-state index in [1.165, 1.54) is 11.8 Å². The molecule has 0 atom stereocenters. The van der Waals surface area contributed by atoms with Crippen LogP contribution in [0.2, 0.25) is 0 Å². The van der Waals surface area contributed by atoms with Gasteiger partial charge in [0.15, 0.2) is 9.84 Å². The molecule has 80 valence electrons.